The third-order valence-electron chi connectivity index (χ3n) is 17.3. The van der Waals surface area contributed by atoms with Crippen molar-refractivity contribution in [3.8, 4) is 0 Å². The molecule has 582 valence electrons. The van der Waals surface area contributed by atoms with Crippen molar-refractivity contribution in [2.75, 3.05) is 0 Å². The number of hydrogen-bond donors (Lipinski definition) is 0. The van der Waals surface area contributed by atoms with Gasteiger partial charge in [-0.3, -0.25) is 0 Å². The number of aryl methyl sites for hydroxylation is 1. The number of fused-ring (bicyclic) bond motifs is 3. The monoisotopic (exact) mass is 1600 g/mol. The van der Waals surface area contributed by atoms with E-state index >= 15 is 0 Å². The maximum absolute atomic E-state index is 13.0. The average molecular weight is 1600 g/mol. The topological polar surface area (TPSA) is 207 Å². The summed E-state index contributed by atoms with van der Waals surface area (Å²) in [5, 5.41) is 22.1. The minimum atomic E-state index is -5.08. The van der Waals surface area contributed by atoms with Crippen LogP contribution >= 0.6 is 11.6 Å². The second kappa shape index (κ2) is 41.4. The van der Waals surface area contributed by atoms with E-state index in [0.717, 1.165) is 70.3 Å². The third-order valence-corrected chi connectivity index (χ3v) is 17.5. The first kappa shape index (κ1) is 84.4. The Morgan fingerprint density at radius 1 is 0.362 bits per heavy atom. The lowest BCUT2D eigenvalue weighted by Gasteiger charge is -2.13. The van der Waals surface area contributed by atoms with Crippen molar-refractivity contribution in [2.45, 2.75) is 45.0 Å². The van der Waals surface area contributed by atoms with Crippen molar-refractivity contribution >= 4 is 80.8 Å². The molecule has 0 saturated heterocycles. The summed E-state index contributed by atoms with van der Waals surface area (Å²) in [6.45, 7) is 1.81. The molecule has 15 rings (SSSR count). The van der Waals surface area contributed by atoms with Gasteiger partial charge in [0.15, 0.2) is 11.9 Å². The van der Waals surface area contributed by atoms with E-state index in [1.54, 1.807) is 146 Å². The Hall–Kier alpha value is -14.1. The lowest BCUT2D eigenvalue weighted by atomic mass is 10.0. The van der Waals surface area contributed by atoms with Gasteiger partial charge in [-0.05, 0) is 126 Å². The van der Waals surface area contributed by atoms with E-state index in [4.69, 9.17) is 35.8 Å². The normalized spacial score (nSPS) is 12.2. The van der Waals surface area contributed by atoms with Gasteiger partial charge in [-0.2, -0.15) is 26.3 Å². The summed E-state index contributed by atoms with van der Waals surface area (Å²) >= 11 is 5.83. The number of hydrogen-bond acceptors (Lipinski definition) is 15. The number of pyridine rings is 1. The van der Waals surface area contributed by atoms with E-state index in [2.05, 4.69) is 49.0 Å². The fourth-order valence-corrected chi connectivity index (χ4v) is 11.7. The maximum Gasteiger partial charge on any atom is 0.416 e. The molecule has 1 N–H and O–H groups in total. The molecule has 13 aromatic rings. The van der Waals surface area contributed by atoms with E-state index < -0.39 is 58.9 Å². The van der Waals surface area contributed by atoms with E-state index in [1.165, 1.54) is 16.7 Å². The van der Waals surface area contributed by atoms with Crippen LogP contribution in [-0.4, -0.2) is 58.4 Å². The van der Waals surface area contributed by atoms with Crippen LogP contribution in [0.15, 0.2) is 366 Å². The number of rotatable bonds is 15. The van der Waals surface area contributed by atoms with E-state index in [-0.39, 0.29) is 36.3 Å². The molecule has 1 heterocycles. The van der Waals surface area contributed by atoms with Gasteiger partial charge in [0.2, 0.25) is 5.69 Å². The van der Waals surface area contributed by atoms with Gasteiger partial charge in [0.25, 0.3) is 0 Å². The summed E-state index contributed by atoms with van der Waals surface area (Å²) < 4.78 is 78.1. The molecule has 16 nitrogen and oxygen atoms in total. The summed E-state index contributed by atoms with van der Waals surface area (Å²) in [6, 6.07) is 96.0. The number of aromatic nitrogens is 1. The van der Waals surface area contributed by atoms with Crippen LogP contribution in [0.25, 0.3) is 10.8 Å². The van der Waals surface area contributed by atoms with Crippen molar-refractivity contribution in [2.24, 2.45) is 25.8 Å². The van der Waals surface area contributed by atoms with Crippen LogP contribution in [0, 0.1) is 0 Å². The lowest BCUT2D eigenvalue weighted by Crippen LogP contribution is -3.00. The van der Waals surface area contributed by atoms with Gasteiger partial charge in [0, 0.05) is 52.3 Å². The fourth-order valence-electron chi connectivity index (χ4n) is 11.5. The number of aromatic amines is 1. The second-order valence-corrected chi connectivity index (χ2v) is 25.7. The predicted octanol–water partition coefficient (Wildman–Crippen LogP) is 17.7. The molecule has 0 saturated carbocycles. The number of alkyl halides is 6. The molecule has 24 heteroatoms. The summed E-state index contributed by atoms with van der Waals surface area (Å²) in [7, 11) is 0. The van der Waals surface area contributed by atoms with Crippen LogP contribution in [0.4, 0.5) is 26.3 Å². The number of H-pyrrole nitrogens is 1. The highest BCUT2D eigenvalue weighted by molar-refractivity contribution is 6.31. The van der Waals surface area contributed by atoms with Crippen LogP contribution in [0.1, 0.15) is 126 Å². The zero-order chi connectivity index (χ0) is 80.9. The standard InChI is InChI=1S/C22H13F6NO2.C19H14N2O2.C19H15NO2.C16H12ClNO2.C16H13NO2.ClH/c23-21(24,25)17-11-16(12-18(13-17)22(26,27)28)20(30)31-29-19(14-7-3-1-4-8-14)15-9-5-2-6-10-15;22-19(16-11-5-2-6-12-16)23-21-18(15-9-3-1-4-10-15)17-13-7-8-14-20-17;1-14(15-8-3-2-4-9-15)20-22-19(21)18-13-7-11-16-10-5-6-12-17(16)18;17-14-7-3-6-13(8-14)16(19)20-18-15-9-11-4-1-2-5-12(11)10-15;18-16(13-7-2-1-3-8-13)19-17-15-11-10-12-6-4-5-9-14(12)15;/h1-13H;1-14H;2-13H,1H3;1-8H,9-10H2;1-9H,10-11H2;1H/b;21-18+;20-14+;;17-15+;. The number of carbonyl (C=O) groups excluding carboxylic acids is 5. The first-order valence-corrected chi connectivity index (χ1v) is 36.0. The summed E-state index contributed by atoms with van der Waals surface area (Å²) in [6.07, 6.45) is -5.12. The highest BCUT2D eigenvalue weighted by Crippen LogP contribution is 2.37. The summed E-state index contributed by atoms with van der Waals surface area (Å²) in [5.41, 5.74) is 9.27. The van der Waals surface area contributed by atoms with Crippen molar-refractivity contribution in [3.63, 3.8) is 0 Å². The summed E-state index contributed by atoms with van der Waals surface area (Å²) in [4.78, 5) is 88.4. The van der Waals surface area contributed by atoms with Crippen LogP contribution in [0.3, 0.4) is 0 Å². The lowest BCUT2D eigenvalue weighted by molar-refractivity contribution is -0.380. The van der Waals surface area contributed by atoms with Gasteiger partial charge < -0.3 is 36.6 Å². The number of benzene rings is 12. The predicted molar refractivity (Wildman–Crippen MR) is 427 cm³/mol. The minimum Gasteiger partial charge on any atom is -1.00 e. The molecule has 0 atom stereocenters. The Balaban J connectivity index is 0.000000154. The first-order valence-electron chi connectivity index (χ1n) is 35.6. The van der Waals surface area contributed by atoms with Crippen LogP contribution in [0.5, 0.6) is 0 Å². The molecule has 12 aromatic carbocycles. The number of carbonyl (C=O) groups is 5. The molecule has 0 bridgehead atoms. The smallest absolute Gasteiger partial charge is 0.416 e. The van der Waals surface area contributed by atoms with Crippen LogP contribution < -0.4 is 17.4 Å². The molecule has 0 unspecified atom stereocenters. The minimum absolute atomic E-state index is 0. The molecule has 0 radical (unpaired) electrons. The van der Waals surface area contributed by atoms with Crippen molar-refractivity contribution in [3.05, 3.63) is 434 Å². The Labute approximate surface area is 673 Å². The molecule has 2 aliphatic rings. The number of oxime groups is 5. The van der Waals surface area contributed by atoms with Crippen LogP contribution in [-0.2, 0) is 55.8 Å². The maximum atomic E-state index is 13.0. The van der Waals surface area contributed by atoms with Gasteiger partial charge in [-0.25, -0.2) is 29.0 Å². The molecule has 116 heavy (non-hydrogen) atoms. The average Bonchev–Trinajstić information content (AvgIpc) is 1.05. The first-order chi connectivity index (χ1) is 55.7. The van der Waals surface area contributed by atoms with Gasteiger partial charge in [-0.1, -0.05) is 286 Å². The Morgan fingerprint density at radius 2 is 0.776 bits per heavy atom. The zero-order valence-corrected chi connectivity index (χ0v) is 63.0. The number of nitrogens with one attached hydrogen (secondary N) is 1. The van der Waals surface area contributed by atoms with E-state index in [9.17, 15) is 50.3 Å². The van der Waals surface area contributed by atoms with Crippen molar-refractivity contribution < 1.29 is 91.9 Å². The molecule has 0 spiro atoms. The molecule has 0 amide bonds. The fraction of sp³-hybridized carbons (Fsp3) is 0.0761. The zero-order valence-electron chi connectivity index (χ0n) is 61.5. The quantitative estimate of drug-likeness (QED) is 0.0410. The molecule has 1 aromatic heterocycles. The third kappa shape index (κ3) is 24.2. The SMILES string of the molecule is C/C(=N\OC(=O)c1cccc2ccccc12)c1ccccc1.O=C(O/N=C(\c1ccccc1)c1cccc[nH+]1)c1ccccc1.O=C(O/N=C1\CCc2ccccc21)c1ccccc1.O=C(ON=C(c1ccccc1)c1ccccc1)c1cc(C(F)(F)F)cc(C(F)(F)F)c1.O=C(ON=C1Cc2ccccc2C1)c1cccc(Cl)c1.[Cl-]. The van der Waals surface area contributed by atoms with Crippen molar-refractivity contribution in [1.29, 1.82) is 0 Å². The van der Waals surface area contributed by atoms with E-state index in [1.807, 2.05) is 165 Å². The number of halogens is 8. The molecular formula is C92H68Cl2F6N6O10. The molecule has 0 fully saturated rings. The van der Waals surface area contributed by atoms with Gasteiger partial charge in [0.05, 0.1) is 56.1 Å². The Kier molecular flexibility index (Phi) is 30.1. The summed E-state index contributed by atoms with van der Waals surface area (Å²) in [5.74, 6) is -3.31. The van der Waals surface area contributed by atoms with Crippen molar-refractivity contribution in [1.82, 2.24) is 0 Å². The number of nitrogens with zero attached hydrogens (tertiary/aromatic N) is 5. The van der Waals surface area contributed by atoms with Gasteiger partial charge in [0.1, 0.15) is 5.71 Å². The van der Waals surface area contributed by atoms with E-state index in [0.29, 0.717) is 49.8 Å². The van der Waals surface area contributed by atoms with Gasteiger partial charge in [-0.15, -0.1) is 0 Å². The second-order valence-electron chi connectivity index (χ2n) is 25.2. The largest absolute Gasteiger partial charge is 1.00 e. The highest BCUT2D eigenvalue weighted by Gasteiger charge is 2.38. The Bertz CT molecular complexity index is 5550. The molecule has 2 aliphatic carbocycles. The molecule has 0 aliphatic heterocycles. The van der Waals surface area contributed by atoms with Crippen LogP contribution in [0.2, 0.25) is 5.02 Å². The van der Waals surface area contributed by atoms with Gasteiger partial charge >= 0.3 is 42.2 Å². The highest BCUT2D eigenvalue weighted by atomic mass is 35.5. The Morgan fingerprint density at radius 3 is 1.31 bits per heavy atom. The molecular weight excluding hydrogens is 1530 g/mol.